The number of hydrogen-bond donors (Lipinski definition) is 2. The molecule has 2 aromatic carbocycles. The summed E-state index contributed by atoms with van der Waals surface area (Å²) in [4.78, 5) is 23.9. The van der Waals surface area contributed by atoms with E-state index in [4.69, 9.17) is 9.26 Å². The number of aromatic carboxylic acids is 1. The zero-order valence-electron chi connectivity index (χ0n) is 15.3. The Bertz CT molecular complexity index is 1040. The van der Waals surface area contributed by atoms with Crippen molar-refractivity contribution in [1.29, 1.82) is 0 Å². The Morgan fingerprint density at radius 2 is 1.75 bits per heavy atom. The minimum Gasteiger partial charge on any atom is -0.497 e. The van der Waals surface area contributed by atoms with Crippen LogP contribution in [-0.4, -0.2) is 29.2 Å². The van der Waals surface area contributed by atoms with E-state index in [-0.39, 0.29) is 11.1 Å². The Morgan fingerprint density at radius 1 is 1.07 bits per heavy atom. The number of benzene rings is 2. The molecule has 0 saturated heterocycles. The van der Waals surface area contributed by atoms with Gasteiger partial charge in [0.15, 0.2) is 5.76 Å². The summed E-state index contributed by atoms with van der Waals surface area (Å²) < 4.78 is 10.4. The van der Waals surface area contributed by atoms with Gasteiger partial charge in [-0.3, -0.25) is 4.79 Å². The Labute approximate surface area is 161 Å². The molecule has 2 N–H and O–H groups in total. The zero-order valence-corrected chi connectivity index (χ0v) is 15.3. The van der Waals surface area contributed by atoms with Gasteiger partial charge in [-0.25, -0.2) is 4.79 Å². The minimum atomic E-state index is -1.17. The average molecular weight is 378 g/mol. The lowest BCUT2D eigenvalue weighted by Crippen LogP contribution is -2.17. The molecule has 0 saturated carbocycles. The number of aromatic nitrogens is 1. The second kappa shape index (κ2) is 8.22. The molecule has 1 amide bonds. The number of nitrogens with one attached hydrogen (secondary N) is 1. The minimum absolute atomic E-state index is 0.0562. The molecule has 0 spiro atoms. The van der Waals surface area contributed by atoms with Gasteiger partial charge in [-0.05, 0) is 42.8 Å². The first-order chi connectivity index (χ1) is 13.5. The molecule has 7 heteroatoms. The molecule has 0 unspecified atom stereocenters. The molecule has 0 radical (unpaired) electrons. The van der Waals surface area contributed by atoms with E-state index in [0.29, 0.717) is 17.1 Å². The lowest BCUT2D eigenvalue weighted by Gasteiger charge is -2.07. The monoisotopic (exact) mass is 378 g/mol. The first-order valence-corrected chi connectivity index (χ1v) is 8.41. The van der Waals surface area contributed by atoms with E-state index in [1.54, 1.807) is 38.3 Å². The van der Waals surface area contributed by atoms with E-state index in [1.165, 1.54) is 12.1 Å². The third-order valence-electron chi connectivity index (χ3n) is 4.07. The third-order valence-corrected chi connectivity index (χ3v) is 4.07. The number of methoxy groups -OCH3 is 1. The molecule has 0 bridgehead atoms. The fourth-order valence-corrected chi connectivity index (χ4v) is 2.59. The SMILES string of the molecule is COc1ccc(/C=C/c2onc(C)c2NC(=O)c2ccccc2C(=O)O)cc1. The van der Waals surface area contributed by atoms with Gasteiger partial charge in [-0.2, -0.15) is 0 Å². The largest absolute Gasteiger partial charge is 0.497 e. The molecule has 28 heavy (non-hydrogen) atoms. The Kier molecular flexibility index (Phi) is 5.55. The highest BCUT2D eigenvalue weighted by Crippen LogP contribution is 2.24. The number of ether oxygens (including phenoxy) is 1. The summed E-state index contributed by atoms with van der Waals surface area (Å²) in [5.74, 6) is -0.622. The van der Waals surface area contributed by atoms with Crippen LogP contribution in [0.15, 0.2) is 53.1 Å². The molecule has 0 aliphatic rings. The van der Waals surface area contributed by atoms with Crippen molar-refractivity contribution in [2.24, 2.45) is 0 Å². The lowest BCUT2D eigenvalue weighted by molar-refractivity contribution is 0.0692. The van der Waals surface area contributed by atoms with E-state index < -0.39 is 11.9 Å². The molecule has 1 heterocycles. The van der Waals surface area contributed by atoms with E-state index in [2.05, 4.69) is 10.5 Å². The summed E-state index contributed by atoms with van der Waals surface area (Å²) in [6.45, 7) is 1.69. The van der Waals surface area contributed by atoms with Gasteiger partial charge in [0, 0.05) is 0 Å². The number of anilines is 1. The number of carbonyl (C=O) groups is 2. The standard InChI is InChI=1S/C21H18N2O5/c1-13-19(22-20(24)16-5-3-4-6-17(16)21(25)26)18(28-23-13)12-9-14-7-10-15(27-2)11-8-14/h3-12H,1-2H3,(H,22,24)(H,25,26)/b12-9+. The van der Waals surface area contributed by atoms with Crippen molar-refractivity contribution in [2.45, 2.75) is 6.92 Å². The molecular formula is C21H18N2O5. The molecule has 0 aliphatic carbocycles. The predicted molar refractivity (Wildman–Crippen MR) is 105 cm³/mol. The van der Waals surface area contributed by atoms with Crippen LogP contribution in [0.25, 0.3) is 12.2 Å². The molecule has 142 valence electrons. The molecule has 0 aliphatic heterocycles. The molecular weight excluding hydrogens is 360 g/mol. The van der Waals surface area contributed by atoms with Crippen molar-refractivity contribution in [2.75, 3.05) is 12.4 Å². The molecule has 7 nitrogen and oxygen atoms in total. The van der Waals surface area contributed by atoms with E-state index in [0.717, 1.165) is 11.3 Å². The topological polar surface area (TPSA) is 102 Å². The van der Waals surface area contributed by atoms with Crippen LogP contribution in [-0.2, 0) is 0 Å². The fraction of sp³-hybridized carbons (Fsp3) is 0.0952. The van der Waals surface area contributed by atoms with Gasteiger partial charge < -0.3 is 19.7 Å². The highest BCUT2D eigenvalue weighted by atomic mass is 16.5. The van der Waals surface area contributed by atoms with Gasteiger partial charge in [0.25, 0.3) is 5.91 Å². The van der Waals surface area contributed by atoms with Crippen LogP contribution < -0.4 is 10.1 Å². The first-order valence-electron chi connectivity index (χ1n) is 8.41. The number of carbonyl (C=O) groups excluding carboxylic acids is 1. The second-order valence-corrected chi connectivity index (χ2v) is 5.92. The number of nitrogens with zero attached hydrogens (tertiary/aromatic N) is 1. The third kappa shape index (κ3) is 4.09. The predicted octanol–water partition coefficient (Wildman–Crippen LogP) is 4.11. The number of carboxylic acid groups (broad SMARTS) is 1. The fourth-order valence-electron chi connectivity index (χ4n) is 2.59. The maximum absolute atomic E-state index is 12.6. The van der Waals surface area contributed by atoms with Crippen LogP contribution in [0.4, 0.5) is 5.69 Å². The van der Waals surface area contributed by atoms with Crippen molar-refractivity contribution >= 4 is 29.7 Å². The first kappa shape index (κ1) is 18.9. The summed E-state index contributed by atoms with van der Waals surface area (Å²) >= 11 is 0. The van der Waals surface area contributed by atoms with Crippen LogP contribution in [0.5, 0.6) is 5.75 Å². The smallest absolute Gasteiger partial charge is 0.336 e. The van der Waals surface area contributed by atoms with E-state index in [9.17, 15) is 14.7 Å². The number of amides is 1. The highest BCUT2D eigenvalue weighted by Gasteiger charge is 2.19. The van der Waals surface area contributed by atoms with Crippen molar-refractivity contribution in [3.8, 4) is 5.75 Å². The Hall–Kier alpha value is -3.87. The summed E-state index contributed by atoms with van der Waals surface area (Å²) in [5.41, 5.74) is 1.75. The number of rotatable bonds is 6. The molecule has 3 aromatic rings. The van der Waals surface area contributed by atoms with Crippen LogP contribution in [0.2, 0.25) is 0 Å². The van der Waals surface area contributed by atoms with Crippen molar-refractivity contribution < 1.29 is 24.0 Å². The van der Waals surface area contributed by atoms with E-state index >= 15 is 0 Å². The number of aryl methyl sites for hydroxylation is 1. The zero-order chi connectivity index (χ0) is 20.1. The molecule has 3 rings (SSSR count). The molecule has 0 fully saturated rings. The van der Waals surface area contributed by atoms with Crippen molar-refractivity contribution in [3.05, 3.63) is 76.7 Å². The van der Waals surface area contributed by atoms with Gasteiger partial charge in [0.05, 0.1) is 18.2 Å². The summed E-state index contributed by atoms with van der Waals surface area (Å²) in [7, 11) is 1.60. The quantitative estimate of drug-likeness (QED) is 0.669. The lowest BCUT2D eigenvalue weighted by atomic mass is 10.1. The number of carboxylic acids is 1. The van der Waals surface area contributed by atoms with Crippen LogP contribution in [0, 0.1) is 6.92 Å². The van der Waals surface area contributed by atoms with Crippen molar-refractivity contribution in [1.82, 2.24) is 5.16 Å². The maximum atomic E-state index is 12.6. The molecule has 1 aromatic heterocycles. The van der Waals surface area contributed by atoms with Crippen LogP contribution in [0.1, 0.15) is 37.7 Å². The number of hydrogen-bond acceptors (Lipinski definition) is 5. The molecule has 0 atom stereocenters. The summed E-state index contributed by atoms with van der Waals surface area (Å²) in [5, 5.41) is 15.8. The van der Waals surface area contributed by atoms with Crippen LogP contribution in [0.3, 0.4) is 0 Å². The van der Waals surface area contributed by atoms with E-state index in [1.807, 2.05) is 24.3 Å². The maximum Gasteiger partial charge on any atom is 0.336 e. The van der Waals surface area contributed by atoms with Crippen LogP contribution >= 0.6 is 0 Å². The van der Waals surface area contributed by atoms with Gasteiger partial charge in [-0.1, -0.05) is 35.5 Å². The Balaban J connectivity index is 1.84. The normalized spacial score (nSPS) is 10.8. The van der Waals surface area contributed by atoms with Gasteiger partial charge >= 0.3 is 5.97 Å². The highest BCUT2D eigenvalue weighted by molar-refractivity contribution is 6.11. The summed E-state index contributed by atoms with van der Waals surface area (Å²) in [6.07, 6.45) is 3.49. The summed E-state index contributed by atoms with van der Waals surface area (Å²) in [6, 6.07) is 13.4. The second-order valence-electron chi connectivity index (χ2n) is 5.92. The Morgan fingerprint density at radius 3 is 2.39 bits per heavy atom. The van der Waals surface area contributed by atoms with Gasteiger partial charge in [0.1, 0.15) is 17.1 Å². The van der Waals surface area contributed by atoms with Gasteiger partial charge in [0.2, 0.25) is 0 Å². The van der Waals surface area contributed by atoms with Crippen molar-refractivity contribution in [3.63, 3.8) is 0 Å². The van der Waals surface area contributed by atoms with Gasteiger partial charge in [-0.15, -0.1) is 0 Å². The average Bonchev–Trinajstić information content (AvgIpc) is 3.06.